The van der Waals surface area contributed by atoms with Gasteiger partial charge in [-0.2, -0.15) is 0 Å². The number of hydrogen-bond acceptors (Lipinski definition) is 3. The fourth-order valence-electron chi connectivity index (χ4n) is 2.87. The fraction of sp³-hybridized carbons (Fsp3) is 0.467. The van der Waals surface area contributed by atoms with Gasteiger partial charge in [0.05, 0.1) is 5.52 Å². The lowest BCUT2D eigenvalue weighted by Gasteiger charge is -2.26. The lowest BCUT2D eigenvalue weighted by Crippen LogP contribution is -2.46. The van der Waals surface area contributed by atoms with Crippen LogP contribution in [0.1, 0.15) is 35.1 Å². The molecule has 1 saturated heterocycles. The van der Waals surface area contributed by atoms with Crippen molar-refractivity contribution in [3.8, 4) is 0 Å². The zero-order chi connectivity index (χ0) is 13.5. The Hall–Kier alpha value is -1.88. The molecule has 0 aromatic carbocycles. The molecule has 1 aliphatic heterocycles. The van der Waals surface area contributed by atoms with Crippen LogP contribution in [0.25, 0.3) is 5.52 Å². The van der Waals surface area contributed by atoms with E-state index in [1.807, 2.05) is 29.3 Å². The Kier molecular flexibility index (Phi) is 2.73. The molecule has 2 fully saturated rings. The number of fused-ring (bicyclic) bond motifs is 1. The average Bonchev–Trinajstić information content (AvgIpc) is 3.28. The van der Waals surface area contributed by atoms with E-state index in [9.17, 15) is 4.79 Å². The highest BCUT2D eigenvalue weighted by Gasteiger charge is 2.31. The standard InChI is InChI=1S/C15H18N4O/c20-15(18-9-6-16-7-10-18)13-12-3-1-2-8-19(12)14(17-13)11-4-5-11/h1-3,8,11,16H,4-7,9-10H2. The van der Waals surface area contributed by atoms with E-state index in [1.54, 1.807) is 0 Å². The zero-order valence-corrected chi connectivity index (χ0v) is 11.4. The molecule has 104 valence electrons. The van der Waals surface area contributed by atoms with E-state index in [-0.39, 0.29) is 5.91 Å². The van der Waals surface area contributed by atoms with Crippen LogP contribution in [-0.2, 0) is 0 Å². The summed E-state index contributed by atoms with van der Waals surface area (Å²) >= 11 is 0. The highest BCUT2D eigenvalue weighted by atomic mass is 16.2. The number of nitrogens with one attached hydrogen (secondary N) is 1. The first-order valence-electron chi connectivity index (χ1n) is 7.31. The van der Waals surface area contributed by atoms with E-state index in [1.165, 1.54) is 12.8 Å². The van der Waals surface area contributed by atoms with Gasteiger partial charge in [-0.05, 0) is 25.0 Å². The monoisotopic (exact) mass is 270 g/mol. The highest BCUT2D eigenvalue weighted by molar-refractivity contribution is 5.99. The maximum atomic E-state index is 12.7. The minimum atomic E-state index is 0.0714. The number of carbonyl (C=O) groups is 1. The van der Waals surface area contributed by atoms with Crippen molar-refractivity contribution in [2.45, 2.75) is 18.8 Å². The highest BCUT2D eigenvalue weighted by Crippen LogP contribution is 2.40. The van der Waals surface area contributed by atoms with Gasteiger partial charge in [0, 0.05) is 38.3 Å². The van der Waals surface area contributed by atoms with Gasteiger partial charge in [0.2, 0.25) is 0 Å². The first kappa shape index (κ1) is 11.9. The second-order valence-corrected chi connectivity index (χ2v) is 5.59. The summed E-state index contributed by atoms with van der Waals surface area (Å²) in [5.41, 5.74) is 1.56. The molecule has 1 N–H and O–H groups in total. The molecule has 2 aliphatic rings. The van der Waals surface area contributed by atoms with Gasteiger partial charge in [-0.1, -0.05) is 6.07 Å². The number of hydrogen-bond donors (Lipinski definition) is 1. The summed E-state index contributed by atoms with van der Waals surface area (Å²) in [6, 6.07) is 5.97. The normalized spacial score (nSPS) is 19.5. The van der Waals surface area contributed by atoms with Crippen molar-refractivity contribution in [1.82, 2.24) is 19.6 Å². The summed E-state index contributed by atoms with van der Waals surface area (Å²) in [4.78, 5) is 19.3. The molecule has 2 aromatic rings. The predicted molar refractivity (Wildman–Crippen MR) is 75.9 cm³/mol. The molecule has 0 radical (unpaired) electrons. The topological polar surface area (TPSA) is 49.6 Å². The number of imidazole rings is 1. The van der Waals surface area contributed by atoms with Crippen LogP contribution in [0.3, 0.4) is 0 Å². The molecule has 0 spiro atoms. The third-order valence-electron chi connectivity index (χ3n) is 4.12. The predicted octanol–water partition coefficient (Wildman–Crippen LogP) is 1.26. The molecule has 5 nitrogen and oxygen atoms in total. The summed E-state index contributed by atoms with van der Waals surface area (Å²) in [5, 5.41) is 3.27. The van der Waals surface area contributed by atoms with Gasteiger partial charge in [0.25, 0.3) is 5.91 Å². The number of rotatable bonds is 2. The number of piperazine rings is 1. The lowest BCUT2D eigenvalue weighted by molar-refractivity contribution is 0.0732. The number of amides is 1. The van der Waals surface area contributed by atoms with Crippen molar-refractivity contribution in [2.24, 2.45) is 0 Å². The van der Waals surface area contributed by atoms with Crippen LogP contribution in [0.4, 0.5) is 0 Å². The maximum absolute atomic E-state index is 12.7. The van der Waals surface area contributed by atoms with Gasteiger partial charge in [0.1, 0.15) is 5.82 Å². The van der Waals surface area contributed by atoms with Gasteiger partial charge in [-0.15, -0.1) is 0 Å². The molecule has 5 heteroatoms. The maximum Gasteiger partial charge on any atom is 0.274 e. The summed E-state index contributed by atoms with van der Waals surface area (Å²) in [7, 11) is 0. The van der Waals surface area contributed by atoms with Crippen molar-refractivity contribution < 1.29 is 4.79 Å². The van der Waals surface area contributed by atoms with Crippen molar-refractivity contribution in [2.75, 3.05) is 26.2 Å². The molecule has 3 heterocycles. The largest absolute Gasteiger partial charge is 0.335 e. The Morgan fingerprint density at radius 3 is 2.80 bits per heavy atom. The SMILES string of the molecule is O=C(c1nc(C2CC2)n2ccccc12)N1CCNCC1. The molecule has 1 amide bonds. The van der Waals surface area contributed by atoms with E-state index >= 15 is 0 Å². The number of aromatic nitrogens is 2. The summed E-state index contributed by atoms with van der Waals surface area (Å²) in [6.45, 7) is 3.27. The van der Waals surface area contributed by atoms with E-state index in [2.05, 4.69) is 14.7 Å². The molecule has 4 rings (SSSR count). The van der Waals surface area contributed by atoms with Gasteiger partial charge < -0.3 is 14.6 Å². The fourth-order valence-corrected chi connectivity index (χ4v) is 2.87. The molecule has 0 atom stereocenters. The van der Waals surface area contributed by atoms with Crippen molar-refractivity contribution in [3.05, 3.63) is 35.9 Å². The van der Waals surface area contributed by atoms with E-state index in [0.29, 0.717) is 11.6 Å². The zero-order valence-electron chi connectivity index (χ0n) is 11.4. The third-order valence-corrected chi connectivity index (χ3v) is 4.12. The van der Waals surface area contributed by atoms with Gasteiger partial charge in [0.15, 0.2) is 5.69 Å². The minimum Gasteiger partial charge on any atom is -0.335 e. The van der Waals surface area contributed by atoms with E-state index in [4.69, 9.17) is 0 Å². The molecular weight excluding hydrogens is 252 g/mol. The van der Waals surface area contributed by atoms with Gasteiger partial charge in [-0.3, -0.25) is 4.79 Å². The van der Waals surface area contributed by atoms with Gasteiger partial charge in [-0.25, -0.2) is 4.98 Å². The van der Waals surface area contributed by atoms with Crippen LogP contribution in [0, 0.1) is 0 Å². The van der Waals surface area contributed by atoms with Crippen molar-refractivity contribution >= 4 is 11.4 Å². The first-order chi connectivity index (χ1) is 9.84. The molecule has 0 bridgehead atoms. The summed E-state index contributed by atoms with van der Waals surface area (Å²) in [6.07, 6.45) is 4.40. The Balaban J connectivity index is 1.76. The second kappa shape index (κ2) is 4.59. The molecular formula is C15H18N4O. The Morgan fingerprint density at radius 1 is 1.25 bits per heavy atom. The summed E-state index contributed by atoms with van der Waals surface area (Å²) < 4.78 is 2.09. The van der Waals surface area contributed by atoms with E-state index < -0.39 is 0 Å². The lowest BCUT2D eigenvalue weighted by atomic mass is 10.2. The number of pyridine rings is 1. The van der Waals surface area contributed by atoms with Crippen LogP contribution in [-0.4, -0.2) is 46.4 Å². The van der Waals surface area contributed by atoms with Crippen LogP contribution in [0.2, 0.25) is 0 Å². The van der Waals surface area contributed by atoms with Crippen molar-refractivity contribution in [3.63, 3.8) is 0 Å². The van der Waals surface area contributed by atoms with Crippen LogP contribution in [0.15, 0.2) is 24.4 Å². The molecule has 1 saturated carbocycles. The Morgan fingerprint density at radius 2 is 2.05 bits per heavy atom. The Labute approximate surface area is 117 Å². The average molecular weight is 270 g/mol. The molecule has 20 heavy (non-hydrogen) atoms. The van der Waals surface area contributed by atoms with Crippen molar-refractivity contribution in [1.29, 1.82) is 0 Å². The van der Waals surface area contributed by atoms with Crippen LogP contribution >= 0.6 is 0 Å². The number of carbonyl (C=O) groups excluding carboxylic acids is 1. The molecule has 2 aromatic heterocycles. The smallest absolute Gasteiger partial charge is 0.274 e. The third kappa shape index (κ3) is 1.89. The minimum absolute atomic E-state index is 0.0714. The Bertz CT molecular complexity index is 653. The first-order valence-corrected chi connectivity index (χ1v) is 7.31. The van der Waals surface area contributed by atoms with Crippen LogP contribution in [0.5, 0.6) is 0 Å². The molecule has 1 aliphatic carbocycles. The number of nitrogens with zero attached hydrogens (tertiary/aromatic N) is 3. The second-order valence-electron chi connectivity index (χ2n) is 5.59. The van der Waals surface area contributed by atoms with E-state index in [0.717, 1.165) is 37.5 Å². The van der Waals surface area contributed by atoms with Crippen LogP contribution < -0.4 is 5.32 Å². The van der Waals surface area contributed by atoms with Gasteiger partial charge >= 0.3 is 0 Å². The molecule has 0 unspecified atom stereocenters. The quantitative estimate of drug-likeness (QED) is 0.893. The summed E-state index contributed by atoms with van der Waals surface area (Å²) in [5.74, 6) is 1.66.